The molecule has 0 saturated heterocycles. The Labute approximate surface area is 387 Å². The van der Waals surface area contributed by atoms with Gasteiger partial charge in [-0.25, -0.2) is 0 Å². The highest BCUT2D eigenvalue weighted by molar-refractivity contribution is 5.76. The van der Waals surface area contributed by atoms with Crippen molar-refractivity contribution in [1.82, 2.24) is 5.32 Å². The van der Waals surface area contributed by atoms with Crippen LogP contribution in [0.15, 0.2) is 12.2 Å². The maximum atomic E-state index is 12.5. The first kappa shape index (κ1) is 60.6. The molecule has 0 fully saturated rings. The molecule has 0 radical (unpaired) electrons. The third-order valence-electron chi connectivity index (χ3n) is 13.1. The van der Waals surface area contributed by atoms with Crippen molar-refractivity contribution in [3.05, 3.63) is 12.2 Å². The van der Waals surface area contributed by atoms with Crippen molar-refractivity contribution in [2.75, 3.05) is 13.2 Å². The minimum atomic E-state index is -0.856. The fraction of sp³-hybridized carbons (Fsp3) is 0.929. The molecule has 0 aliphatic rings. The summed E-state index contributed by atoms with van der Waals surface area (Å²) in [5, 5.41) is 23.1. The van der Waals surface area contributed by atoms with E-state index in [1.165, 1.54) is 225 Å². The van der Waals surface area contributed by atoms with E-state index in [1.807, 2.05) is 6.08 Å². The number of nitrogens with one attached hydrogen (secondary N) is 1. The highest BCUT2D eigenvalue weighted by atomic mass is 16.5. The summed E-state index contributed by atoms with van der Waals surface area (Å²) in [5.41, 5.74) is 0. The van der Waals surface area contributed by atoms with Gasteiger partial charge in [0.2, 0.25) is 5.91 Å². The molecule has 2 atom stereocenters. The second kappa shape index (κ2) is 52.2. The fourth-order valence-electron chi connectivity index (χ4n) is 8.75. The number of esters is 1. The lowest BCUT2D eigenvalue weighted by Gasteiger charge is -2.20. The molecule has 6 heteroatoms. The second-order valence-electron chi connectivity index (χ2n) is 19.3. The predicted molar refractivity (Wildman–Crippen MR) is 269 cm³/mol. The Hall–Kier alpha value is -1.40. The van der Waals surface area contributed by atoms with Crippen LogP contribution in [0.2, 0.25) is 0 Å². The monoisotopic (exact) mass is 876 g/mol. The van der Waals surface area contributed by atoms with E-state index in [0.29, 0.717) is 19.4 Å². The smallest absolute Gasteiger partial charge is 0.305 e. The lowest BCUT2D eigenvalue weighted by molar-refractivity contribution is -0.143. The number of amides is 1. The number of carbonyl (C=O) groups excluding carboxylic acids is 2. The van der Waals surface area contributed by atoms with Crippen molar-refractivity contribution in [1.29, 1.82) is 0 Å². The Morgan fingerprint density at radius 1 is 0.435 bits per heavy atom. The van der Waals surface area contributed by atoms with Crippen molar-refractivity contribution in [3.63, 3.8) is 0 Å². The second-order valence-corrected chi connectivity index (χ2v) is 19.3. The molecule has 0 aromatic rings. The summed E-state index contributed by atoms with van der Waals surface area (Å²) in [7, 11) is 0. The third-order valence-corrected chi connectivity index (χ3v) is 13.1. The fourth-order valence-corrected chi connectivity index (χ4v) is 8.75. The molecule has 3 N–H and O–H groups in total. The van der Waals surface area contributed by atoms with Gasteiger partial charge in [-0.1, -0.05) is 276 Å². The van der Waals surface area contributed by atoms with Crippen LogP contribution in [0.5, 0.6) is 0 Å². The Morgan fingerprint density at radius 2 is 0.742 bits per heavy atom. The summed E-state index contributed by atoms with van der Waals surface area (Å²) >= 11 is 0. The molecule has 1 amide bonds. The van der Waals surface area contributed by atoms with E-state index < -0.39 is 12.1 Å². The molecule has 0 rings (SSSR count). The average molecular weight is 876 g/mol. The van der Waals surface area contributed by atoms with Crippen LogP contribution in [0, 0.1) is 0 Å². The zero-order valence-electron chi connectivity index (χ0n) is 41.9. The number of aliphatic hydroxyl groups is 2. The van der Waals surface area contributed by atoms with Gasteiger partial charge in [-0.15, -0.1) is 0 Å². The van der Waals surface area contributed by atoms with Crippen LogP contribution in [0.1, 0.15) is 309 Å². The van der Waals surface area contributed by atoms with Gasteiger partial charge in [0.1, 0.15) is 0 Å². The largest absolute Gasteiger partial charge is 0.466 e. The Bertz CT molecular complexity index is 924. The minimum absolute atomic E-state index is 0.0139. The van der Waals surface area contributed by atoms with E-state index in [9.17, 15) is 19.8 Å². The van der Waals surface area contributed by atoms with Gasteiger partial charge in [0.05, 0.1) is 25.4 Å². The van der Waals surface area contributed by atoms with Crippen molar-refractivity contribution in [3.8, 4) is 0 Å². The first-order chi connectivity index (χ1) is 30.5. The molecule has 0 aliphatic heterocycles. The number of unbranched alkanes of at least 4 members (excludes halogenated alkanes) is 41. The lowest BCUT2D eigenvalue weighted by Crippen LogP contribution is -2.45. The van der Waals surface area contributed by atoms with Gasteiger partial charge in [-0.2, -0.15) is 0 Å². The van der Waals surface area contributed by atoms with E-state index in [2.05, 4.69) is 19.2 Å². The highest BCUT2D eigenvalue weighted by Gasteiger charge is 2.18. The van der Waals surface area contributed by atoms with E-state index in [1.54, 1.807) is 6.08 Å². The van der Waals surface area contributed by atoms with Gasteiger partial charge in [-0.3, -0.25) is 9.59 Å². The molecule has 0 heterocycles. The Kier molecular flexibility index (Phi) is 51.0. The Balaban J connectivity index is 3.50. The highest BCUT2D eigenvalue weighted by Crippen LogP contribution is 2.17. The van der Waals surface area contributed by atoms with Crippen LogP contribution in [-0.2, 0) is 14.3 Å². The van der Waals surface area contributed by atoms with Crippen LogP contribution >= 0.6 is 0 Å². The molecule has 0 aliphatic carbocycles. The summed E-state index contributed by atoms with van der Waals surface area (Å²) in [4.78, 5) is 24.5. The molecule has 0 aromatic carbocycles. The zero-order chi connectivity index (χ0) is 45.1. The SMILES string of the molecule is CCCCCCCCCCCCCCCCCCCCCC/C=C/C(O)C(CO)NC(=O)CCCCCCCCCCCCCOC(=O)CCCCCCCCCCCCCC. The van der Waals surface area contributed by atoms with Gasteiger partial charge < -0.3 is 20.3 Å². The van der Waals surface area contributed by atoms with E-state index in [0.717, 1.165) is 57.8 Å². The summed E-state index contributed by atoms with van der Waals surface area (Å²) < 4.78 is 5.45. The van der Waals surface area contributed by atoms with Crippen LogP contribution in [0.25, 0.3) is 0 Å². The van der Waals surface area contributed by atoms with Crippen molar-refractivity contribution in [2.24, 2.45) is 0 Å². The van der Waals surface area contributed by atoms with Crippen molar-refractivity contribution in [2.45, 2.75) is 321 Å². The van der Waals surface area contributed by atoms with Crippen LogP contribution < -0.4 is 5.32 Å². The van der Waals surface area contributed by atoms with E-state index in [-0.39, 0.29) is 18.5 Å². The lowest BCUT2D eigenvalue weighted by atomic mass is 10.0. The molecule has 62 heavy (non-hydrogen) atoms. The first-order valence-corrected chi connectivity index (χ1v) is 28.0. The quantitative estimate of drug-likeness (QED) is 0.0321. The molecule has 2 unspecified atom stereocenters. The van der Waals surface area contributed by atoms with Crippen LogP contribution in [0.4, 0.5) is 0 Å². The van der Waals surface area contributed by atoms with Crippen molar-refractivity contribution < 1.29 is 24.5 Å². The standard InChI is InChI=1S/C56H109NO5/c1-3-5-7-9-11-13-15-17-18-19-20-21-22-23-24-25-26-28-32-36-40-44-48-54(59)53(52-58)57-55(60)49-45-41-37-33-29-27-31-35-39-43-47-51-62-56(61)50-46-42-38-34-30-16-14-12-10-8-6-4-2/h44,48,53-54,58-59H,3-43,45-47,49-52H2,1-2H3,(H,57,60)/b48-44+. The van der Waals surface area contributed by atoms with E-state index >= 15 is 0 Å². The number of hydrogen-bond acceptors (Lipinski definition) is 5. The van der Waals surface area contributed by atoms with Gasteiger partial charge in [0, 0.05) is 12.8 Å². The van der Waals surface area contributed by atoms with Gasteiger partial charge >= 0.3 is 5.97 Å². The number of ether oxygens (including phenoxy) is 1. The number of rotatable bonds is 52. The summed E-state index contributed by atoms with van der Waals surface area (Å²) in [6, 6.07) is -0.641. The molecule has 0 bridgehead atoms. The molecular formula is C56H109NO5. The molecule has 0 saturated carbocycles. The Morgan fingerprint density at radius 3 is 1.10 bits per heavy atom. The first-order valence-electron chi connectivity index (χ1n) is 28.0. The maximum absolute atomic E-state index is 12.5. The van der Waals surface area contributed by atoms with E-state index in [4.69, 9.17) is 4.74 Å². The molecular weight excluding hydrogens is 767 g/mol. The summed E-state index contributed by atoms with van der Waals surface area (Å²) in [5.74, 6) is -0.0973. The molecule has 368 valence electrons. The third kappa shape index (κ3) is 48.1. The molecule has 0 aromatic heterocycles. The van der Waals surface area contributed by atoms with Crippen LogP contribution in [-0.4, -0.2) is 47.4 Å². The summed E-state index contributed by atoms with van der Waals surface area (Å²) in [6.07, 6.45) is 60.8. The van der Waals surface area contributed by atoms with Crippen LogP contribution in [0.3, 0.4) is 0 Å². The summed E-state index contributed by atoms with van der Waals surface area (Å²) in [6.45, 7) is 4.88. The maximum Gasteiger partial charge on any atom is 0.305 e. The number of aliphatic hydroxyl groups excluding tert-OH is 2. The van der Waals surface area contributed by atoms with Gasteiger partial charge in [-0.05, 0) is 32.1 Å². The minimum Gasteiger partial charge on any atom is -0.466 e. The predicted octanol–water partition coefficient (Wildman–Crippen LogP) is 16.9. The van der Waals surface area contributed by atoms with Gasteiger partial charge in [0.25, 0.3) is 0 Å². The molecule has 0 spiro atoms. The number of hydrogen-bond donors (Lipinski definition) is 3. The van der Waals surface area contributed by atoms with Crippen molar-refractivity contribution >= 4 is 11.9 Å². The zero-order valence-corrected chi connectivity index (χ0v) is 41.9. The average Bonchev–Trinajstić information content (AvgIpc) is 3.27. The van der Waals surface area contributed by atoms with Gasteiger partial charge in [0.15, 0.2) is 0 Å². The topological polar surface area (TPSA) is 95.9 Å². The normalized spacial score (nSPS) is 12.6. The number of allylic oxidation sites excluding steroid dienone is 1. The number of carbonyl (C=O) groups is 2. The molecule has 6 nitrogen and oxygen atoms in total.